The number of oxazole rings is 1. The molecule has 0 saturated carbocycles. The van der Waals surface area contributed by atoms with E-state index in [0.29, 0.717) is 32.8 Å². The van der Waals surface area contributed by atoms with Gasteiger partial charge in [-0.15, -0.1) is 0 Å². The lowest BCUT2D eigenvalue weighted by Gasteiger charge is -2.09. The summed E-state index contributed by atoms with van der Waals surface area (Å²) in [6.45, 7) is 2.00. The number of rotatable bonds is 3. The molecule has 0 spiro atoms. The fourth-order valence-electron chi connectivity index (χ4n) is 2.74. The number of nitrogens with zero attached hydrogens (tertiary/aromatic N) is 1. The fraction of sp³-hybridized carbons (Fsp3) is 0.0476. The van der Waals surface area contributed by atoms with Gasteiger partial charge < -0.3 is 9.73 Å². The van der Waals surface area contributed by atoms with E-state index in [2.05, 4.69) is 10.3 Å². The quantitative estimate of drug-likeness (QED) is 0.438. The van der Waals surface area contributed by atoms with E-state index in [9.17, 15) is 4.79 Å². The van der Waals surface area contributed by atoms with Crippen LogP contribution in [0.1, 0.15) is 15.9 Å². The summed E-state index contributed by atoms with van der Waals surface area (Å²) < 4.78 is 5.82. The molecule has 0 bridgehead atoms. The molecule has 27 heavy (non-hydrogen) atoms. The van der Waals surface area contributed by atoms with Crippen LogP contribution in [0.15, 0.2) is 65.1 Å². The van der Waals surface area contributed by atoms with Crippen molar-refractivity contribution >= 4 is 45.9 Å². The number of amides is 1. The molecule has 0 atom stereocenters. The first-order valence-electron chi connectivity index (χ1n) is 8.23. The Kier molecular flexibility index (Phi) is 4.60. The molecule has 4 nitrogen and oxygen atoms in total. The number of carbonyl (C=O) groups excluding carboxylic acids is 1. The highest BCUT2D eigenvalue weighted by atomic mass is 35.5. The molecule has 1 heterocycles. The molecule has 134 valence electrons. The first-order valence-corrected chi connectivity index (χ1v) is 8.99. The van der Waals surface area contributed by atoms with Gasteiger partial charge in [-0.25, -0.2) is 4.98 Å². The average Bonchev–Trinajstić information content (AvgIpc) is 3.06. The van der Waals surface area contributed by atoms with Crippen LogP contribution in [-0.2, 0) is 0 Å². The second kappa shape index (κ2) is 7.06. The molecule has 0 fully saturated rings. The molecule has 0 aliphatic heterocycles. The van der Waals surface area contributed by atoms with Crippen molar-refractivity contribution in [2.45, 2.75) is 6.92 Å². The summed E-state index contributed by atoms with van der Waals surface area (Å²) in [6.07, 6.45) is 0. The van der Waals surface area contributed by atoms with Crippen LogP contribution in [0.5, 0.6) is 0 Å². The van der Waals surface area contributed by atoms with Crippen LogP contribution in [0.4, 0.5) is 5.69 Å². The Balaban J connectivity index is 1.67. The van der Waals surface area contributed by atoms with Crippen molar-refractivity contribution in [1.29, 1.82) is 0 Å². The Bertz CT molecular complexity index is 1170. The van der Waals surface area contributed by atoms with Crippen LogP contribution in [0, 0.1) is 6.92 Å². The fourth-order valence-corrected chi connectivity index (χ4v) is 3.09. The summed E-state index contributed by atoms with van der Waals surface area (Å²) in [7, 11) is 0. The van der Waals surface area contributed by atoms with Gasteiger partial charge in [-0.2, -0.15) is 0 Å². The van der Waals surface area contributed by atoms with E-state index in [1.54, 1.807) is 42.5 Å². The van der Waals surface area contributed by atoms with Crippen LogP contribution in [0.2, 0.25) is 10.0 Å². The lowest BCUT2D eigenvalue weighted by molar-refractivity contribution is 0.102. The molecule has 0 aliphatic rings. The van der Waals surface area contributed by atoms with Gasteiger partial charge in [-0.3, -0.25) is 4.79 Å². The molecule has 4 rings (SSSR count). The maximum atomic E-state index is 12.5. The molecule has 0 saturated heterocycles. The van der Waals surface area contributed by atoms with Gasteiger partial charge in [0.25, 0.3) is 5.91 Å². The molecule has 0 aliphatic carbocycles. The van der Waals surface area contributed by atoms with E-state index >= 15 is 0 Å². The van der Waals surface area contributed by atoms with Crippen molar-refractivity contribution in [3.05, 3.63) is 81.8 Å². The normalized spacial score (nSPS) is 10.9. The molecule has 1 N–H and O–H groups in total. The zero-order valence-electron chi connectivity index (χ0n) is 14.3. The molecule has 0 radical (unpaired) electrons. The minimum Gasteiger partial charge on any atom is -0.436 e. The maximum absolute atomic E-state index is 12.5. The number of carbonyl (C=O) groups is 1. The lowest BCUT2D eigenvalue weighted by Crippen LogP contribution is -2.12. The molecular weight excluding hydrogens is 383 g/mol. The van der Waals surface area contributed by atoms with E-state index in [1.165, 1.54) is 0 Å². The summed E-state index contributed by atoms with van der Waals surface area (Å²) in [5.41, 5.74) is 4.22. The smallest absolute Gasteiger partial charge is 0.255 e. The maximum Gasteiger partial charge on any atom is 0.255 e. The second-order valence-electron chi connectivity index (χ2n) is 6.15. The molecule has 1 amide bonds. The molecule has 3 aromatic carbocycles. The third kappa shape index (κ3) is 3.68. The summed E-state index contributed by atoms with van der Waals surface area (Å²) in [4.78, 5) is 17.0. The molecule has 4 aromatic rings. The highest BCUT2D eigenvalue weighted by Gasteiger charge is 2.13. The molecule has 1 aromatic heterocycles. The van der Waals surface area contributed by atoms with Crippen LogP contribution < -0.4 is 5.32 Å². The highest BCUT2D eigenvalue weighted by Crippen LogP contribution is 2.31. The standard InChI is InChI=1S/C21H14Cl2N2O2/c1-12-5-8-19-18(9-12)25-21(27-19)14-6-7-16(23)17(11-14)24-20(26)13-3-2-4-15(22)10-13/h2-11H,1H3,(H,24,26). The van der Waals surface area contributed by atoms with Gasteiger partial charge in [0.1, 0.15) is 5.52 Å². The topological polar surface area (TPSA) is 55.1 Å². The zero-order chi connectivity index (χ0) is 19.0. The van der Waals surface area contributed by atoms with Gasteiger partial charge >= 0.3 is 0 Å². The van der Waals surface area contributed by atoms with Crippen LogP contribution in [0.25, 0.3) is 22.6 Å². The van der Waals surface area contributed by atoms with Crippen molar-refractivity contribution in [2.75, 3.05) is 5.32 Å². The van der Waals surface area contributed by atoms with E-state index in [-0.39, 0.29) is 5.91 Å². The number of hydrogen-bond donors (Lipinski definition) is 1. The minimum atomic E-state index is -0.301. The number of aromatic nitrogens is 1. The number of aryl methyl sites for hydroxylation is 1. The van der Waals surface area contributed by atoms with E-state index in [0.717, 1.165) is 16.6 Å². The Morgan fingerprint density at radius 2 is 1.89 bits per heavy atom. The monoisotopic (exact) mass is 396 g/mol. The Labute approximate surface area is 165 Å². The number of anilines is 1. The number of nitrogens with one attached hydrogen (secondary N) is 1. The van der Waals surface area contributed by atoms with Crippen molar-refractivity contribution in [3.8, 4) is 11.5 Å². The SMILES string of the molecule is Cc1ccc2oc(-c3ccc(Cl)c(NC(=O)c4cccc(Cl)c4)c3)nc2c1. The van der Waals surface area contributed by atoms with Crippen LogP contribution >= 0.6 is 23.2 Å². The Hall–Kier alpha value is -2.82. The van der Waals surface area contributed by atoms with Gasteiger partial charge in [-0.05, 0) is 61.0 Å². The predicted molar refractivity (Wildman–Crippen MR) is 109 cm³/mol. The van der Waals surface area contributed by atoms with Crippen molar-refractivity contribution < 1.29 is 9.21 Å². The highest BCUT2D eigenvalue weighted by molar-refractivity contribution is 6.34. The molecule has 0 unspecified atom stereocenters. The van der Waals surface area contributed by atoms with Crippen LogP contribution in [-0.4, -0.2) is 10.9 Å². The molecular formula is C21H14Cl2N2O2. The second-order valence-corrected chi connectivity index (χ2v) is 6.99. The third-order valence-corrected chi connectivity index (χ3v) is 4.66. The summed E-state index contributed by atoms with van der Waals surface area (Å²) in [6, 6.07) is 17.8. The number of hydrogen-bond acceptors (Lipinski definition) is 3. The first-order chi connectivity index (χ1) is 13.0. The lowest BCUT2D eigenvalue weighted by atomic mass is 10.1. The minimum absolute atomic E-state index is 0.301. The van der Waals surface area contributed by atoms with Gasteiger partial charge in [0.2, 0.25) is 5.89 Å². The number of halogens is 2. The number of fused-ring (bicyclic) bond motifs is 1. The van der Waals surface area contributed by atoms with Gasteiger partial charge in [-0.1, -0.05) is 35.3 Å². The summed E-state index contributed by atoms with van der Waals surface area (Å²) >= 11 is 12.2. The van der Waals surface area contributed by atoms with Gasteiger partial charge in [0, 0.05) is 16.1 Å². The molecule has 6 heteroatoms. The first kappa shape index (κ1) is 17.6. The van der Waals surface area contributed by atoms with Gasteiger partial charge in [0.15, 0.2) is 5.58 Å². The predicted octanol–water partition coefficient (Wildman–Crippen LogP) is 6.36. The number of benzene rings is 3. The van der Waals surface area contributed by atoms with Crippen molar-refractivity contribution in [1.82, 2.24) is 4.98 Å². The van der Waals surface area contributed by atoms with Crippen molar-refractivity contribution in [2.24, 2.45) is 0 Å². The summed E-state index contributed by atoms with van der Waals surface area (Å²) in [5.74, 6) is 0.162. The zero-order valence-corrected chi connectivity index (χ0v) is 15.8. The largest absolute Gasteiger partial charge is 0.436 e. The van der Waals surface area contributed by atoms with Gasteiger partial charge in [0.05, 0.1) is 10.7 Å². The van der Waals surface area contributed by atoms with E-state index in [1.807, 2.05) is 25.1 Å². The Morgan fingerprint density at radius 1 is 1.04 bits per heavy atom. The van der Waals surface area contributed by atoms with Crippen LogP contribution in [0.3, 0.4) is 0 Å². The average molecular weight is 397 g/mol. The summed E-state index contributed by atoms with van der Waals surface area (Å²) in [5, 5.41) is 3.72. The van der Waals surface area contributed by atoms with E-state index < -0.39 is 0 Å². The Morgan fingerprint density at radius 3 is 2.70 bits per heavy atom. The van der Waals surface area contributed by atoms with E-state index in [4.69, 9.17) is 27.6 Å². The third-order valence-electron chi connectivity index (χ3n) is 4.09. The van der Waals surface area contributed by atoms with Crippen molar-refractivity contribution in [3.63, 3.8) is 0 Å².